The largest absolute Gasteiger partial charge is 0.508 e. The van der Waals surface area contributed by atoms with Gasteiger partial charge in [0.2, 0.25) is 17.0 Å². The molecule has 2 unspecified atom stereocenters. The molecule has 4 N–H and O–H groups in total. The number of amides is 3. The van der Waals surface area contributed by atoms with E-state index in [1.165, 1.54) is 56.9 Å². The van der Waals surface area contributed by atoms with Crippen molar-refractivity contribution in [1.29, 1.82) is 0 Å². The lowest BCUT2D eigenvalue weighted by Crippen LogP contribution is -2.75. The first kappa shape index (κ1) is 31.9. The molecule has 0 aliphatic carbocycles. The van der Waals surface area contributed by atoms with Gasteiger partial charge in [-0.3, -0.25) is 23.9 Å². The smallest absolute Gasteiger partial charge is 0.337 e. The normalized spacial score (nSPS) is 20.5. The Kier molecular flexibility index (Phi) is 8.35. The fraction of sp³-hybridized carbons (Fsp3) is 0.357. The van der Waals surface area contributed by atoms with Gasteiger partial charge in [-0.25, -0.2) is 18.8 Å². The molecule has 2 saturated heterocycles. The third-order valence-electron chi connectivity index (χ3n) is 8.12. The quantitative estimate of drug-likeness (QED) is 0.140. The van der Waals surface area contributed by atoms with Crippen LogP contribution in [-0.4, -0.2) is 109 Å². The number of phenolic OH excluding ortho intramolecular Hbond substituents is 2. The molecule has 17 nitrogen and oxygen atoms in total. The number of benzene rings is 2. The summed E-state index contributed by atoms with van der Waals surface area (Å²) in [5, 5.41) is 44.3. The van der Waals surface area contributed by atoms with E-state index in [4.69, 9.17) is 0 Å². The molecule has 2 aromatic heterocycles. The number of aromatic nitrogens is 6. The molecule has 0 bridgehead atoms. The molecular weight excluding hydrogens is 654 g/mol. The number of β-lactam (4-membered cyclic amide) rings is 1. The van der Waals surface area contributed by atoms with E-state index in [1.54, 1.807) is 24.3 Å². The molecule has 246 valence electrons. The lowest BCUT2D eigenvalue weighted by Gasteiger charge is -2.56. The number of hydrogen-bond acceptors (Lipinski definition) is 12. The van der Waals surface area contributed by atoms with Crippen LogP contribution in [0.25, 0.3) is 11.0 Å². The summed E-state index contributed by atoms with van der Waals surface area (Å²) in [7, 11) is 1.51. The van der Waals surface area contributed by atoms with Crippen molar-refractivity contribution in [3.8, 4) is 11.5 Å². The van der Waals surface area contributed by atoms with Gasteiger partial charge in [0.05, 0.1) is 23.3 Å². The van der Waals surface area contributed by atoms with E-state index in [0.717, 1.165) is 15.5 Å². The molecule has 3 amide bonds. The first-order valence-electron chi connectivity index (χ1n) is 14.3. The number of aromatic hydroxyl groups is 2. The summed E-state index contributed by atoms with van der Waals surface area (Å²) in [5.74, 6) is -2.99. The number of carboxylic acid groups (broad SMARTS) is 1. The number of nitrogens with zero attached hydrogens (tertiary/aromatic N) is 8. The number of anilines is 1. The molecule has 4 heterocycles. The van der Waals surface area contributed by atoms with Crippen molar-refractivity contribution in [3.05, 3.63) is 52.9 Å². The molecule has 2 aliphatic rings. The topological polar surface area (TPSA) is 218 Å². The van der Waals surface area contributed by atoms with Crippen LogP contribution in [0, 0.1) is 5.41 Å². The van der Waals surface area contributed by atoms with Crippen LogP contribution in [-0.2, 0) is 28.0 Å². The molecule has 0 radical (unpaired) electrons. The second-order valence-corrected chi connectivity index (χ2v) is 13.1. The zero-order valence-electron chi connectivity index (χ0n) is 25.0. The van der Waals surface area contributed by atoms with E-state index in [9.17, 15) is 39.3 Å². The Hall–Kier alpha value is -5.04. The predicted octanol–water partition coefficient (Wildman–Crippen LogP) is 0.496. The van der Waals surface area contributed by atoms with Crippen LogP contribution in [0.1, 0.15) is 6.92 Å². The van der Waals surface area contributed by atoms with Crippen LogP contribution in [0.3, 0.4) is 0 Å². The van der Waals surface area contributed by atoms with Crippen LogP contribution in [0.2, 0.25) is 0 Å². The van der Waals surface area contributed by atoms with Gasteiger partial charge in [-0.1, -0.05) is 23.9 Å². The minimum Gasteiger partial charge on any atom is -0.508 e. The summed E-state index contributed by atoms with van der Waals surface area (Å²) >= 11 is 2.35. The lowest BCUT2D eigenvalue weighted by molar-refractivity contribution is -0.156. The number of fused-ring (bicyclic) bond motifs is 2. The summed E-state index contributed by atoms with van der Waals surface area (Å²) in [6, 6.07) is 8.06. The summed E-state index contributed by atoms with van der Waals surface area (Å²) in [6.07, 6.45) is 0. The molecule has 6 rings (SSSR count). The Morgan fingerprint density at radius 2 is 1.83 bits per heavy atom. The van der Waals surface area contributed by atoms with Gasteiger partial charge in [-0.05, 0) is 29.5 Å². The maximum Gasteiger partial charge on any atom is 0.337 e. The number of carbonyl (C=O) groups is 4. The minimum absolute atomic E-state index is 0.0142. The van der Waals surface area contributed by atoms with Crippen molar-refractivity contribution >= 4 is 64.1 Å². The monoisotopic (exact) mass is 683 g/mol. The number of carboxylic acids is 1. The maximum atomic E-state index is 13.8. The standard InChI is InChI=1S/C28H29N9O8S2/c1-3-35-26(30-31-32-35)47-14-28(24(42)43)12-34-22(41)21(23(34)46-13-28)36(15-8-16(38)10-17(39)9-15)20(40)11-29-25(44)37-19-7-5-4-6-18(19)33(2)27(37)45/h4-10,21,23,38-39H,3,11-14H2,1-2H3,(H,29,44)(H,42,43)/t21?,23-,28?/m1/s1. The Labute approximate surface area is 274 Å². The van der Waals surface area contributed by atoms with Crippen LogP contribution in [0.4, 0.5) is 10.5 Å². The Morgan fingerprint density at radius 1 is 1.13 bits per heavy atom. The van der Waals surface area contributed by atoms with Gasteiger partial charge in [0.1, 0.15) is 28.3 Å². The van der Waals surface area contributed by atoms with E-state index < -0.39 is 52.9 Å². The molecule has 3 atom stereocenters. The number of nitrogens with one attached hydrogen (secondary N) is 1. The Balaban J connectivity index is 1.23. The highest BCUT2D eigenvalue weighted by atomic mass is 32.2. The van der Waals surface area contributed by atoms with Crippen molar-refractivity contribution in [3.63, 3.8) is 0 Å². The number of rotatable bonds is 9. The average molecular weight is 684 g/mol. The highest BCUT2D eigenvalue weighted by Crippen LogP contribution is 2.47. The van der Waals surface area contributed by atoms with Crippen molar-refractivity contribution in [2.45, 2.75) is 30.0 Å². The zero-order chi connectivity index (χ0) is 33.6. The molecule has 2 aliphatic heterocycles. The van der Waals surface area contributed by atoms with Crippen molar-refractivity contribution in [1.82, 2.24) is 39.6 Å². The molecule has 47 heavy (non-hydrogen) atoms. The molecule has 2 fully saturated rings. The number of tetrazole rings is 1. The highest BCUT2D eigenvalue weighted by molar-refractivity contribution is 8.00. The third-order valence-corrected chi connectivity index (χ3v) is 10.9. The Bertz CT molecular complexity index is 1960. The fourth-order valence-electron chi connectivity index (χ4n) is 5.67. The maximum absolute atomic E-state index is 13.8. The van der Waals surface area contributed by atoms with Crippen molar-refractivity contribution in [2.75, 3.05) is 29.5 Å². The van der Waals surface area contributed by atoms with Crippen LogP contribution in [0.5, 0.6) is 11.5 Å². The van der Waals surface area contributed by atoms with Crippen LogP contribution >= 0.6 is 23.5 Å². The second-order valence-electron chi connectivity index (χ2n) is 11.1. The first-order valence-corrected chi connectivity index (χ1v) is 16.3. The highest BCUT2D eigenvalue weighted by Gasteiger charge is 2.59. The van der Waals surface area contributed by atoms with Gasteiger partial charge < -0.3 is 25.5 Å². The van der Waals surface area contributed by atoms with E-state index in [1.807, 2.05) is 6.92 Å². The molecule has 19 heteroatoms. The van der Waals surface area contributed by atoms with Gasteiger partial charge in [0, 0.05) is 49.8 Å². The minimum atomic E-state index is -1.34. The number of imidazole rings is 1. The van der Waals surface area contributed by atoms with Crippen LogP contribution in [0.15, 0.2) is 52.4 Å². The van der Waals surface area contributed by atoms with Crippen molar-refractivity contribution < 1.29 is 34.5 Å². The molecule has 2 aromatic carbocycles. The lowest BCUT2D eigenvalue weighted by atomic mass is 9.89. The fourth-order valence-corrected chi connectivity index (χ4v) is 8.52. The molecular formula is C28H29N9O8S2. The SMILES string of the molecule is CCn1nnnc1SCC1(C(=O)O)CS[C@@H]2C(N(C(=O)CNC(=O)n3c(=O)n(C)c4ccccc43)c3cc(O)cc(O)c3)C(=O)N2C1. The summed E-state index contributed by atoms with van der Waals surface area (Å²) in [4.78, 5) is 68.5. The van der Waals surface area contributed by atoms with E-state index >= 15 is 0 Å². The molecule has 0 spiro atoms. The van der Waals surface area contributed by atoms with E-state index in [2.05, 4.69) is 20.8 Å². The number of para-hydroxylation sites is 2. The first-order chi connectivity index (χ1) is 22.5. The summed E-state index contributed by atoms with van der Waals surface area (Å²) < 4.78 is 3.72. The summed E-state index contributed by atoms with van der Waals surface area (Å²) in [6.45, 7) is 1.56. The number of aliphatic carboxylic acids is 1. The van der Waals surface area contributed by atoms with E-state index in [-0.39, 0.29) is 35.2 Å². The van der Waals surface area contributed by atoms with Crippen molar-refractivity contribution in [2.24, 2.45) is 12.5 Å². The molecule has 0 saturated carbocycles. The summed E-state index contributed by atoms with van der Waals surface area (Å²) in [5.41, 5.74) is -1.14. The Morgan fingerprint density at radius 3 is 2.51 bits per heavy atom. The van der Waals surface area contributed by atoms with Gasteiger partial charge in [0.25, 0.3) is 0 Å². The van der Waals surface area contributed by atoms with Gasteiger partial charge in [0.15, 0.2) is 0 Å². The zero-order valence-corrected chi connectivity index (χ0v) is 26.6. The number of carbonyl (C=O) groups excluding carboxylic acids is 3. The third kappa shape index (κ3) is 5.54. The number of thioether (sulfide) groups is 2. The number of aryl methyl sites for hydroxylation is 2. The molecule has 4 aromatic rings. The number of phenols is 2. The van der Waals surface area contributed by atoms with Crippen LogP contribution < -0.4 is 15.9 Å². The van der Waals surface area contributed by atoms with Gasteiger partial charge >= 0.3 is 17.7 Å². The van der Waals surface area contributed by atoms with E-state index in [0.29, 0.717) is 22.7 Å². The predicted molar refractivity (Wildman–Crippen MR) is 169 cm³/mol. The van der Waals surface area contributed by atoms with Gasteiger partial charge in [-0.15, -0.1) is 16.9 Å². The second kappa shape index (κ2) is 12.3. The number of hydrogen-bond donors (Lipinski definition) is 4. The van der Waals surface area contributed by atoms with Gasteiger partial charge in [-0.2, -0.15) is 0 Å². The average Bonchev–Trinajstić information content (AvgIpc) is 3.61.